The molecule has 0 atom stereocenters. The summed E-state index contributed by atoms with van der Waals surface area (Å²) in [6.45, 7) is 0. The quantitative estimate of drug-likeness (QED) is 0.776. The molecule has 16 heavy (non-hydrogen) atoms. The van der Waals surface area contributed by atoms with Crippen LogP contribution in [0.3, 0.4) is 0 Å². The summed E-state index contributed by atoms with van der Waals surface area (Å²) >= 11 is 11.4. The van der Waals surface area contributed by atoms with E-state index >= 15 is 0 Å². The van der Waals surface area contributed by atoms with Crippen molar-refractivity contribution in [2.75, 3.05) is 0 Å². The minimum absolute atomic E-state index is 0.00698. The van der Waals surface area contributed by atoms with Crippen molar-refractivity contribution in [3.05, 3.63) is 46.5 Å². The van der Waals surface area contributed by atoms with Gasteiger partial charge in [0, 0.05) is 6.20 Å². The zero-order chi connectivity index (χ0) is 11.5. The van der Waals surface area contributed by atoms with Gasteiger partial charge in [-0.2, -0.15) is 0 Å². The predicted molar refractivity (Wildman–Crippen MR) is 57.9 cm³/mol. The lowest BCUT2D eigenvalue weighted by Crippen LogP contribution is -2.08. The Balaban J connectivity index is 2.18. The predicted octanol–water partition coefficient (Wildman–Crippen LogP) is 3.20. The Morgan fingerprint density at radius 1 is 1.44 bits per heavy atom. The number of pyridine rings is 1. The van der Waals surface area contributed by atoms with Crippen LogP contribution in [0.2, 0.25) is 10.0 Å². The largest absolute Gasteiger partial charge is 0.457 e. The van der Waals surface area contributed by atoms with Crippen molar-refractivity contribution in [1.29, 1.82) is 0 Å². The molecular weight excluding hydrogens is 253 g/mol. The Morgan fingerprint density at radius 3 is 2.88 bits per heavy atom. The van der Waals surface area contributed by atoms with Crippen molar-refractivity contribution in [2.45, 2.75) is 0 Å². The van der Waals surface area contributed by atoms with Crippen molar-refractivity contribution in [2.24, 2.45) is 0 Å². The van der Waals surface area contributed by atoms with Gasteiger partial charge in [0.25, 0.3) is 0 Å². The summed E-state index contributed by atoms with van der Waals surface area (Å²) in [6.07, 6.45) is 2.70. The van der Waals surface area contributed by atoms with E-state index in [-0.39, 0.29) is 16.7 Å². The van der Waals surface area contributed by atoms with E-state index in [0.29, 0.717) is 5.02 Å². The zero-order valence-corrected chi connectivity index (χ0v) is 9.33. The highest BCUT2D eigenvalue weighted by Gasteiger charge is 2.14. The van der Waals surface area contributed by atoms with Gasteiger partial charge < -0.3 is 9.15 Å². The maximum atomic E-state index is 11.5. The van der Waals surface area contributed by atoms with E-state index in [1.807, 2.05) is 0 Å². The first-order valence-electron chi connectivity index (χ1n) is 4.23. The summed E-state index contributed by atoms with van der Waals surface area (Å²) in [6, 6.07) is 4.49. The zero-order valence-electron chi connectivity index (χ0n) is 7.81. The van der Waals surface area contributed by atoms with E-state index in [9.17, 15) is 4.79 Å². The molecule has 0 amide bonds. The van der Waals surface area contributed by atoms with Crippen LogP contribution in [0.15, 0.2) is 35.1 Å². The molecule has 0 unspecified atom stereocenters. The van der Waals surface area contributed by atoms with Gasteiger partial charge in [-0.3, -0.25) is 0 Å². The number of ether oxygens (including phenoxy) is 1. The number of halogens is 2. The Labute approximate surface area is 101 Å². The van der Waals surface area contributed by atoms with Crippen molar-refractivity contribution in [3.8, 4) is 5.88 Å². The minimum atomic E-state index is -0.665. The molecule has 0 aliphatic carbocycles. The Morgan fingerprint density at radius 2 is 2.25 bits per heavy atom. The van der Waals surface area contributed by atoms with Gasteiger partial charge in [0.1, 0.15) is 5.02 Å². The fourth-order valence-corrected chi connectivity index (χ4v) is 1.43. The first kappa shape index (κ1) is 11.0. The van der Waals surface area contributed by atoms with Gasteiger partial charge in [0.2, 0.25) is 11.6 Å². The standard InChI is InChI=1S/C10H5Cl2NO3/c11-6-4-7(12)9(13-5-6)16-10(14)8-2-1-3-15-8/h1-5H. The highest BCUT2D eigenvalue weighted by molar-refractivity contribution is 6.35. The van der Waals surface area contributed by atoms with E-state index in [1.54, 1.807) is 6.07 Å². The van der Waals surface area contributed by atoms with Crippen molar-refractivity contribution >= 4 is 29.2 Å². The molecule has 0 fully saturated rings. The second-order valence-corrected chi connectivity index (χ2v) is 3.65. The van der Waals surface area contributed by atoms with Gasteiger partial charge in [-0.1, -0.05) is 23.2 Å². The molecule has 4 nitrogen and oxygen atoms in total. The lowest BCUT2D eigenvalue weighted by molar-refractivity contribution is 0.0694. The second-order valence-electron chi connectivity index (χ2n) is 2.81. The number of nitrogens with zero attached hydrogens (tertiary/aromatic N) is 1. The Hall–Kier alpha value is -1.52. The van der Waals surface area contributed by atoms with Gasteiger partial charge in [-0.15, -0.1) is 0 Å². The first-order chi connectivity index (χ1) is 7.66. The average Bonchev–Trinajstić information content (AvgIpc) is 2.75. The van der Waals surface area contributed by atoms with E-state index in [2.05, 4.69) is 4.98 Å². The third-order valence-corrected chi connectivity index (χ3v) is 2.16. The molecule has 2 heterocycles. The van der Waals surface area contributed by atoms with Crippen LogP contribution in [0.1, 0.15) is 10.6 Å². The molecule has 6 heteroatoms. The number of carbonyl (C=O) groups is 1. The van der Waals surface area contributed by atoms with E-state index in [1.165, 1.54) is 24.6 Å². The number of esters is 1. The summed E-state index contributed by atoms with van der Waals surface area (Å²) in [7, 11) is 0. The number of furan rings is 1. The number of hydrogen-bond acceptors (Lipinski definition) is 4. The number of carbonyl (C=O) groups excluding carboxylic acids is 1. The van der Waals surface area contributed by atoms with Crippen molar-refractivity contribution in [1.82, 2.24) is 4.98 Å². The molecule has 0 bridgehead atoms. The second kappa shape index (κ2) is 4.55. The highest BCUT2D eigenvalue weighted by Crippen LogP contribution is 2.25. The van der Waals surface area contributed by atoms with Crippen LogP contribution in [0.25, 0.3) is 0 Å². The van der Waals surface area contributed by atoms with Crippen LogP contribution < -0.4 is 4.74 Å². The first-order valence-corrected chi connectivity index (χ1v) is 4.99. The normalized spacial score (nSPS) is 10.1. The van der Waals surface area contributed by atoms with Crippen LogP contribution in [0.4, 0.5) is 0 Å². The molecule has 2 aromatic heterocycles. The lowest BCUT2D eigenvalue weighted by Gasteiger charge is -2.02. The van der Waals surface area contributed by atoms with Crippen molar-refractivity contribution in [3.63, 3.8) is 0 Å². The van der Waals surface area contributed by atoms with Gasteiger partial charge >= 0.3 is 5.97 Å². The Bertz CT molecular complexity index is 511. The summed E-state index contributed by atoms with van der Waals surface area (Å²) in [4.78, 5) is 15.2. The fraction of sp³-hybridized carbons (Fsp3) is 0. The molecule has 0 saturated heterocycles. The maximum Gasteiger partial charge on any atom is 0.380 e. The third-order valence-electron chi connectivity index (χ3n) is 1.69. The molecular formula is C10H5Cl2NO3. The SMILES string of the molecule is O=C(Oc1ncc(Cl)cc1Cl)c1ccco1. The molecule has 0 aromatic carbocycles. The van der Waals surface area contributed by atoms with E-state index < -0.39 is 5.97 Å². The van der Waals surface area contributed by atoms with Gasteiger partial charge in [0.05, 0.1) is 11.3 Å². The molecule has 2 rings (SSSR count). The summed E-state index contributed by atoms with van der Waals surface area (Å²) in [5.41, 5.74) is 0. The van der Waals surface area contributed by atoms with Crippen molar-refractivity contribution < 1.29 is 13.9 Å². The summed E-state index contributed by atoms with van der Waals surface area (Å²) in [5.74, 6) is -0.595. The van der Waals surface area contributed by atoms with E-state index in [0.717, 1.165) is 0 Å². The van der Waals surface area contributed by atoms with Crippen LogP contribution in [0, 0.1) is 0 Å². The van der Waals surface area contributed by atoms with Gasteiger partial charge in [0.15, 0.2) is 0 Å². The average molecular weight is 258 g/mol. The van der Waals surface area contributed by atoms with Crippen LogP contribution >= 0.6 is 23.2 Å². The topological polar surface area (TPSA) is 52.3 Å². The van der Waals surface area contributed by atoms with E-state index in [4.69, 9.17) is 32.4 Å². The number of hydrogen-bond donors (Lipinski definition) is 0. The molecule has 0 saturated carbocycles. The third kappa shape index (κ3) is 2.35. The number of aromatic nitrogens is 1. The Kier molecular flexibility index (Phi) is 3.12. The summed E-state index contributed by atoms with van der Waals surface area (Å²) < 4.78 is 9.77. The summed E-state index contributed by atoms with van der Waals surface area (Å²) in [5, 5.41) is 0.523. The molecule has 82 valence electrons. The molecule has 0 aliphatic rings. The monoisotopic (exact) mass is 257 g/mol. The smallest absolute Gasteiger partial charge is 0.380 e. The number of rotatable bonds is 2. The lowest BCUT2D eigenvalue weighted by atomic mass is 10.4. The van der Waals surface area contributed by atoms with Crippen LogP contribution in [-0.2, 0) is 0 Å². The van der Waals surface area contributed by atoms with Gasteiger partial charge in [-0.25, -0.2) is 9.78 Å². The highest BCUT2D eigenvalue weighted by atomic mass is 35.5. The molecule has 0 aliphatic heterocycles. The maximum absolute atomic E-state index is 11.5. The molecule has 0 N–H and O–H groups in total. The molecule has 0 spiro atoms. The van der Waals surface area contributed by atoms with Gasteiger partial charge in [-0.05, 0) is 18.2 Å². The fourth-order valence-electron chi connectivity index (χ4n) is 1.01. The van der Waals surface area contributed by atoms with Crippen LogP contribution in [0.5, 0.6) is 5.88 Å². The molecule has 2 aromatic rings. The van der Waals surface area contributed by atoms with Crippen LogP contribution in [-0.4, -0.2) is 11.0 Å². The minimum Gasteiger partial charge on any atom is -0.457 e. The molecule has 0 radical (unpaired) electrons.